The summed E-state index contributed by atoms with van der Waals surface area (Å²) in [7, 11) is 1.66. The number of ether oxygens (including phenoxy) is 1. The fourth-order valence-electron chi connectivity index (χ4n) is 3.00. The molecule has 1 N–H and O–H groups in total. The third-order valence-corrected chi connectivity index (χ3v) is 5.41. The maximum atomic E-state index is 12.2. The van der Waals surface area contributed by atoms with Gasteiger partial charge in [-0.15, -0.1) is 0 Å². The van der Waals surface area contributed by atoms with E-state index in [0.29, 0.717) is 24.4 Å². The number of thioether (sulfide) groups is 1. The van der Waals surface area contributed by atoms with Crippen LogP contribution in [0, 0.1) is 13.8 Å². The van der Waals surface area contributed by atoms with E-state index in [0.717, 1.165) is 22.6 Å². The first-order chi connectivity index (χ1) is 12.0. The van der Waals surface area contributed by atoms with Crippen molar-refractivity contribution in [3.8, 4) is 11.5 Å². The molecule has 3 rings (SSSR count). The highest BCUT2D eigenvalue weighted by Crippen LogP contribution is 2.40. The monoisotopic (exact) mass is 359 g/mol. The Morgan fingerprint density at radius 1 is 1.32 bits per heavy atom. The van der Waals surface area contributed by atoms with Crippen LogP contribution in [-0.4, -0.2) is 30.2 Å². The molecule has 0 saturated carbocycles. The number of benzene rings is 1. The van der Waals surface area contributed by atoms with Crippen molar-refractivity contribution in [2.45, 2.75) is 25.5 Å². The summed E-state index contributed by atoms with van der Waals surface area (Å²) < 4.78 is 10.7. The molecule has 2 heterocycles. The van der Waals surface area contributed by atoms with Crippen molar-refractivity contribution >= 4 is 17.5 Å². The van der Waals surface area contributed by atoms with Crippen molar-refractivity contribution in [1.29, 1.82) is 0 Å². The fourth-order valence-corrected chi connectivity index (χ4v) is 4.13. The summed E-state index contributed by atoms with van der Waals surface area (Å²) in [6.07, 6.45) is 0.533. The quantitative estimate of drug-likeness (QED) is 0.906. The molecule has 0 fully saturated rings. The molecule has 0 saturated heterocycles. The van der Waals surface area contributed by atoms with Crippen LogP contribution in [0.2, 0.25) is 0 Å². The molecule has 0 spiro atoms. The molecule has 1 unspecified atom stereocenters. The molecule has 1 atom stereocenters. The van der Waals surface area contributed by atoms with Gasteiger partial charge in [0.15, 0.2) is 0 Å². The van der Waals surface area contributed by atoms with Crippen LogP contribution >= 0.6 is 11.8 Å². The SMILES string of the molecule is COc1cc(C)ccc1C1CC(c2c(O)cc(C)oc2=O)=NCCS1. The Morgan fingerprint density at radius 3 is 2.84 bits per heavy atom. The highest BCUT2D eigenvalue weighted by Gasteiger charge is 2.25. The molecule has 132 valence electrons. The molecule has 6 heteroatoms. The molecule has 5 nitrogen and oxygen atoms in total. The topological polar surface area (TPSA) is 72.0 Å². The van der Waals surface area contributed by atoms with Gasteiger partial charge in [-0.3, -0.25) is 4.99 Å². The molecule has 1 aromatic carbocycles. The van der Waals surface area contributed by atoms with E-state index >= 15 is 0 Å². The van der Waals surface area contributed by atoms with Gasteiger partial charge in [-0.2, -0.15) is 11.8 Å². The summed E-state index contributed by atoms with van der Waals surface area (Å²) in [5.74, 6) is 1.97. The number of hydrogen-bond acceptors (Lipinski definition) is 6. The summed E-state index contributed by atoms with van der Waals surface area (Å²) in [5.41, 5.74) is 2.42. The van der Waals surface area contributed by atoms with Crippen LogP contribution in [-0.2, 0) is 0 Å². The average molecular weight is 359 g/mol. The Kier molecular flexibility index (Phi) is 5.18. The first kappa shape index (κ1) is 17.6. The molecule has 0 amide bonds. The lowest BCUT2D eigenvalue weighted by Crippen LogP contribution is -2.17. The van der Waals surface area contributed by atoms with Gasteiger partial charge in [-0.1, -0.05) is 12.1 Å². The van der Waals surface area contributed by atoms with E-state index in [1.54, 1.807) is 25.8 Å². The van der Waals surface area contributed by atoms with Crippen LogP contribution < -0.4 is 10.4 Å². The average Bonchev–Trinajstić information content (AvgIpc) is 2.79. The van der Waals surface area contributed by atoms with Gasteiger partial charge in [0.2, 0.25) is 0 Å². The third-order valence-electron chi connectivity index (χ3n) is 4.17. The minimum Gasteiger partial charge on any atom is -0.507 e. The molecular formula is C19H21NO4S. The first-order valence-corrected chi connectivity index (χ1v) is 9.18. The number of methoxy groups -OCH3 is 1. The van der Waals surface area contributed by atoms with Gasteiger partial charge < -0.3 is 14.3 Å². The first-order valence-electron chi connectivity index (χ1n) is 8.13. The van der Waals surface area contributed by atoms with E-state index in [-0.39, 0.29) is 16.6 Å². The maximum Gasteiger partial charge on any atom is 0.348 e. The molecule has 0 aliphatic carbocycles. The molecule has 1 aliphatic rings. The van der Waals surface area contributed by atoms with Gasteiger partial charge in [-0.25, -0.2) is 4.79 Å². The van der Waals surface area contributed by atoms with Crippen molar-refractivity contribution in [2.24, 2.45) is 4.99 Å². The normalized spacial score (nSPS) is 17.7. The molecule has 2 aromatic rings. The Bertz CT molecular complexity index is 872. The predicted octanol–water partition coefficient (Wildman–Crippen LogP) is 3.64. The standard InChI is InChI=1S/C19H21NO4S/c1-11-4-5-13(16(8-11)23-3)17-10-14(20-6-7-25-17)18-15(21)9-12(2)24-19(18)22/h4-5,8-9,17,21H,6-7,10H2,1-3H3. The number of aromatic hydroxyl groups is 1. The van der Waals surface area contributed by atoms with Gasteiger partial charge >= 0.3 is 5.63 Å². The van der Waals surface area contributed by atoms with E-state index < -0.39 is 5.63 Å². The second-order valence-corrected chi connectivity index (χ2v) is 7.35. The van der Waals surface area contributed by atoms with Crippen molar-refractivity contribution in [3.63, 3.8) is 0 Å². The zero-order chi connectivity index (χ0) is 18.0. The van der Waals surface area contributed by atoms with E-state index in [1.165, 1.54) is 6.07 Å². The molecule has 25 heavy (non-hydrogen) atoms. The Morgan fingerprint density at radius 2 is 2.12 bits per heavy atom. The second kappa shape index (κ2) is 7.35. The number of hydrogen-bond donors (Lipinski definition) is 1. The molecule has 0 bridgehead atoms. The number of nitrogens with zero attached hydrogens (tertiary/aromatic N) is 1. The lowest BCUT2D eigenvalue weighted by Gasteiger charge is -2.19. The molecule has 1 aromatic heterocycles. The minimum absolute atomic E-state index is 0.0750. The van der Waals surface area contributed by atoms with E-state index in [4.69, 9.17) is 9.15 Å². The van der Waals surface area contributed by atoms with Crippen molar-refractivity contribution in [1.82, 2.24) is 0 Å². The number of aliphatic imine (C=N–C) groups is 1. The zero-order valence-electron chi connectivity index (χ0n) is 14.5. The van der Waals surface area contributed by atoms with Crippen LogP contribution in [0.3, 0.4) is 0 Å². The van der Waals surface area contributed by atoms with Crippen LogP contribution in [0.25, 0.3) is 0 Å². The minimum atomic E-state index is -0.544. The Hall–Kier alpha value is -2.21. The summed E-state index contributed by atoms with van der Waals surface area (Å²) >= 11 is 1.78. The zero-order valence-corrected chi connectivity index (χ0v) is 15.4. The lowest BCUT2D eigenvalue weighted by molar-refractivity contribution is 0.409. The van der Waals surface area contributed by atoms with Crippen LogP contribution in [0.15, 0.2) is 38.5 Å². The smallest absolute Gasteiger partial charge is 0.348 e. The lowest BCUT2D eigenvalue weighted by atomic mass is 10.00. The number of aryl methyl sites for hydroxylation is 2. The van der Waals surface area contributed by atoms with Gasteiger partial charge in [-0.05, 0) is 25.5 Å². The number of rotatable bonds is 3. The maximum absolute atomic E-state index is 12.2. The van der Waals surface area contributed by atoms with Crippen molar-refractivity contribution < 1.29 is 14.3 Å². The van der Waals surface area contributed by atoms with Crippen LogP contribution in [0.4, 0.5) is 0 Å². The Balaban J connectivity index is 2.00. The molecular weight excluding hydrogens is 338 g/mol. The Labute approximate surface area is 150 Å². The van der Waals surface area contributed by atoms with E-state index in [2.05, 4.69) is 17.1 Å². The molecule has 1 aliphatic heterocycles. The van der Waals surface area contributed by atoms with E-state index in [9.17, 15) is 9.90 Å². The van der Waals surface area contributed by atoms with Gasteiger partial charge in [0.25, 0.3) is 0 Å². The van der Waals surface area contributed by atoms with Crippen LogP contribution in [0.5, 0.6) is 11.5 Å². The summed E-state index contributed by atoms with van der Waals surface area (Å²) in [5, 5.41) is 10.3. The van der Waals surface area contributed by atoms with Crippen molar-refractivity contribution in [3.05, 3.63) is 57.1 Å². The largest absolute Gasteiger partial charge is 0.507 e. The van der Waals surface area contributed by atoms with Gasteiger partial charge in [0, 0.05) is 35.6 Å². The summed E-state index contributed by atoms with van der Waals surface area (Å²) in [6.45, 7) is 4.25. The highest BCUT2D eigenvalue weighted by molar-refractivity contribution is 7.99. The van der Waals surface area contributed by atoms with Crippen LogP contribution in [0.1, 0.15) is 34.1 Å². The van der Waals surface area contributed by atoms with Gasteiger partial charge in [0.1, 0.15) is 22.8 Å². The third kappa shape index (κ3) is 3.74. The van der Waals surface area contributed by atoms with E-state index in [1.807, 2.05) is 13.0 Å². The predicted molar refractivity (Wildman–Crippen MR) is 100 cm³/mol. The summed E-state index contributed by atoms with van der Waals surface area (Å²) in [6, 6.07) is 7.58. The van der Waals surface area contributed by atoms with Gasteiger partial charge in [0.05, 0.1) is 12.8 Å². The molecule has 0 radical (unpaired) electrons. The van der Waals surface area contributed by atoms with Crippen molar-refractivity contribution in [2.75, 3.05) is 19.4 Å². The highest BCUT2D eigenvalue weighted by atomic mass is 32.2. The fraction of sp³-hybridized carbons (Fsp3) is 0.368. The summed E-state index contributed by atoms with van der Waals surface area (Å²) in [4.78, 5) is 16.8. The second-order valence-electron chi connectivity index (χ2n) is 6.04.